The van der Waals surface area contributed by atoms with E-state index >= 15 is 0 Å². The molecule has 1 saturated carbocycles. The maximum Gasteiger partial charge on any atom is 0.256 e. The number of anilines is 1. The fraction of sp³-hybridized carbons (Fsp3) is 0.316. The lowest BCUT2D eigenvalue weighted by Gasteiger charge is -2.15. The minimum Gasteiger partial charge on any atom is -0.307 e. The molecule has 1 atom stereocenters. The van der Waals surface area contributed by atoms with Crippen molar-refractivity contribution < 1.29 is 4.79 Å². The monoisotopic (exact) mass is 335 g/mol. The molecule has 0 spiro atoms. The van der Waals surface area contributed by atoms with Gasteiger partial charge in [-0.25, -0.2) is 4.68 Å². The van der Waals surface area contributed by atoms with Crippen molar-refractivity contribution in [3.63, 3.8) is 0 Å². The molecule has 1 aliphatic rings. The van der Waals surface area contributed by atoms with Crippen molar-refractivity contribution in [2.75, 3.05) is 5.32 Å². The molecule has 0 bridgehead atoms. The summed E-state index contributed by atoms with van der Waals surface area (Å²) < 4.78 is 3.77. The first-order valence-electron chi connectivity index (χ1n) is 8.62. The second-order valence-corrected chi connectivity index (χ2v) is 6.59. The minimum absolute atomic E-state index is 0.115. The van der Waals surface area contributed by atoms with Crippen LogP contribution in [0.2, 0.25) is 0 Å². The van der Waals surface area contributed by atoms with Crippen LogP contribution in [0.5, 0.6) is 0 Å². The molecule has 3 aromatic rings. The first-order chi connectivity index (χ1) is 12.2. The van der Waals surface area contributed by atoms with Crippen LogP contribution in [0.3, 0.4) is 0 Å². The van der Waals surface area contributed by atoms with Crippen LogP contribution in [0, 0.1) is 5.92 Å². The number of nitrogens with zero attached hydrogens (tertiary/aromatic N) is 4. The summed E-state index contributed by atoms with van der Waals surface area (Å²) in [7, 11) is 0. The Labute approximate surface area is 146 Å². The summed E-state index contributed by atoms with van der Waals surface area (Å²) in [6.07, 6.45) is 7.90. The maximum absolute atomic E-state index is 12.5. The molecule has 0 radical (unpaired) electrons. The Morgan fingerprint density at radius 3 is 2.68 bits per heavy atom. The number of carbonyl (C=O) groups excluding carboxylic acids is 1. The Morgan fingerprint density at radius 1 is 1.20 bits per heavy atom. The Kier molecular flexibility index (Phi) is 4.09. The predicted molar refractivity (Wildman–Crippen MR) is 95.4 cm³/mol. The highest BCUT2D eigenvalue weighted by atomic mass is 16.1. The van der Waals surface area contributed by atoms with Gasteiger partial charge in [-0.3, -0.25) is 9.48 Å². The highest BCUT2D eigenvalue weighted by Crippen LogP contribution is 2.40. The summed E-state index contributed by atoms with van der Waals surface area (Å²) in [5.41, 5.74) is 1.74. The number of nitrogens with one attached hydrogen (secondary N) is 1. The van der Waals surface area contributed by atoms with Crippen molar-refractivity contribution in [3.05, 3.63) is 66.1 Å². The second-order valence-electron chi connectivity index (χ2n) is 6.59. The summed E-state index contributed by atoms with van der Waals surface area (Å²) in [5.74, 6) is 1.32. The molecule has 1 N–H and O–H groups in total. The molecule has 25 heavy (non-hydrogen) atoms. The standard InChI is InChI=1S/C19H21N5O/c1-14(16-7-8-16)24-18(9-11-21-24)22-19(25)17-5-3-15(4-6-17)13-23-12-2-10-20-23/h2-6,9-12,14,16H,7-8,13H2,1H3,(H,22,25). The van der Waals surface area contributed by atoms with E-state index in [0.29, 0.717) is 24.1 Å². The average molecular weight is 335 g/mol. The second kappa shape index (κ2) is 6.55. The van der Waals surface area contributed by atoms with Crippen molar-refractivity contribution in [2.24, 2.45) is 5.92 Å². The largest absolute Gasteiger partial charge is 0.307 e. The van der Waals surface area contributed by atoms with Gasteiger partial charge in [0, 0.05) is 24.0 Å². The smallest absolute Gasteiger partial charge is 0.256 e. The highest BCUT2D eigenvalue weighted by molar-refractivity contribution is 6.03. The van der Waals surface area contributed by atoms with Gasteiger partial charge < -0.3 is 5.32 Å². The SMILES string of the molecule is CC(C1CC1)n1nccc1NC(=O)c1ccc(Cn2cccn2)cc1. The number of benzene rings is 1. The number of hydrogen-bond acceptors (Lipinski definition) is 3. The molecule has 1 aromatic carbocycles. The third-order valence-corrected chi connectivity index (χ3v) is 4.72. The summed E-state index contributed by atoms with van der Waals surface area (Å²) >= 11 is 0. The van der Waals surface area contributed by atoms with Gasteiger partial charge in [0.2, 0.25) is 0 Å². The van der Waals surface area contributed by atoms with E-state index in [1.165, 1.54) is 12.8 Å². The average Bonchev–Trinajstić information content (AvgIpc) is 3.16. The number of aromatic nitrogens is 4. The zero-order chi connectivity index (χ0) is 17.2. The molecule has 2 aromatic heterocycles. The topological polar surface area (TPSA) is 64.7 Å². The minimum atomic E-state index is -0.115. The van der Waals surface area contributed by atoms with E-state index in [-0.39, 0.29) is 5.91 Å². The molecule has 2 heterocycles. The van der Waals surface area contributed by atoms with Gasteiger partial charge in [-0.2, -0.15) is 10.2 Å². The van der Waals surface area contributed by atoms with Gasteiger partial charge in [0.15, 0.2) is 0 Å². The van der Waals surface area contributed by atoms with Crippen LogP contribution < -0.4 is 5.32 Å². The molecule has 1 unspecified atom stereocenters. The summed E-state index contributed by atoms with van der Waals surface area (Å²) in [5, 5.41) is 11.5. The van der Waals surface area contributed by atoms with Crippen molar-refractivity contribution in [1.29, 1.82) is 0 Å². The summed E-state index contributed by atoms with van der Waals surface area (Å²) in [4.78, 5) is 12.5. The highest BCUT2D eigenvalue weighted by Gasteiger charge is 2.30. The first-order valence-corrected chi connectivity index (χ1v) is 8.62. The molecule has 4 rings (SSSR count). The van der Waals surface area contributed by atoms with Crippen LogP contribution >= 0.6 is 0 Å². The van der Waals surface area contributed by atoms with Crippen molar-refractivity contribution >= 4 is 11.7 Å². The van der Waals surface area contributed by atoms with Gasteiger partial charge in [-0.15, -0.1) is 0 Å². The van der Waals surface area contributed by atoms with Crippen LogP contribution in [-0.4, -0.2) is 25.5 Å². The van der Waals surface area contributed by atoms with Gasteiger partial charge in [0.25, 0.3) is 5.91 Å². The molecular formula is C19H21N5O. The molecule has 1 aliphatic carbocycles. The molecule has 6 heteroatoms. The van der Waals surface area contributed by atoms with Crippen LogP contribution in [0.25, 0.3) is 0 Å². The van der Waals surface area contributed by atoms with E-state index in [1.54, 1.807) is 12.4 Å². The number of amides is 1. The van der Waals surface area contributed by atoms with Gasteiger partial charge >= 0.3 is 0 Å². The zero-order valence-electron chi connectivity index (χ0n) is 14.2. The number of hydrogen-bond donors (Lipinski definition) is 1. The Hall–Kier alpha value is -2.89. The van der Waals surface area contributed by atoms with Gasteiger partial charge in [0.1, 0.15) is 5.82 Å². The van der Waals surface area contributed by atoms with Crippen LogP contribution in [0.1, 0.15) is 41.7 Å². The van der Waals surface area contributed by atoms with Gasteiger partial charge in [0.05, 0.1) is 18.8 Å². The molecule has 0 saturated heterocycles. The summed E-state index contributed by atoms with van der Waals surface area (Å²) in [6, 6.07) is 11.7. The molecule has 1 fully saturated rings. The van der Waals surface area contributed by atoms with Crippen molar-refractivity contribution in [1.82, 2.24) is 19.6 Å². The molecule has 6 nitrogen and oxygen atoms in total. The molecule has 0 aliphatic heterocycles. The fourth-order valence-corrected chi connectivity index (χ4v) is 3.05. The lowest BCUT2D eigenvalue weighted by molar-refractivity contribution is 0.102. The number of rotatable bonds is 6. The summed E-state index contributed by atoms with van der Waals surface area (Å²) in [6.45, 7) is 2.85. The van der Waals surface area contributed by atoms with E-state index in [1.807, 2.05) is 52.0 Å². The zero-order valence-corrected chi connectivity index (χ0v) is 14.2. The maximum atomic E-state index is 12.5. The van der Waals surface area contributed by atoms with E-state index in [9.17, 15) is 4.79 Å². The lowest BCUT2D eigenvalue weighted by Crippen LogP contribution is -2.18. The molecular weight excluding hydrogens is 314 g/mol. The van der Waals surface area contributed by atoms with Crippen LogP contribution in [-0.2, 0) is 6.54 Å². The van der Waals surface area contributed by atoms with Crippen LogP contribution in [0.4, 0.5) is 5.82 Å². The quantitative estimate of drug-likeness (QED) is 0.751. The third kappa shape index (κ3) is 3.47. The fourth-order valence-electron chi connectivity index (χ4n) is 3.05. The van der Waals surface area contributed by atoms with E-state index in [0.717, 1.165) is 11.4 Å². The van der Waals surface area contributed by atoms with E-state index < -0.39 is 0 Å². The first kappa shape index (κ1) is 15.6. The Bertz CT molecular complexity index is 846. The molecule has 1 amide bonds. The van der Waals surface area contributed by atoms with Crippen LogP contribution in [0.15, 0.2) is 55.0 Å². The van der Waals surface area contributed by atoms with Gasteiger partial charge in [-0.05, 0) is 49.4 Å². The van der Waals surface area contributed by atoms with E-state index in [4.69, 9.17) is 0 Å². The third-order valence-electron chi connectivity index (χ3n) is 4.72. The normalized spacial score (nSPS) is 15.1. The van der Waals surface area contributed by atoms with Crippen molar-refractivity contribution in [2.45, 2.75) is 32.4 Å². The Balaban J connectivity index is 1.43. The molecule has 128 valence electrons. The lowest BCUT2D eigenvalue weighted by atomic mass is 10.1. The van der Waals surface area contributed by atoms with E-state index in [2.05, 4.69) is 22.4 Å². The Morgan fingerprint density at radius 2 is 2.00 bits per heavy atom. The van der Waals surface area contributed by atoms with Crippen molar-refractivity contribution in [3.8, 4) is 0 Å². The number of carbonyl (C=O) groups is 1. The predicted octanol–water partition coefficient (Wildman–Crippen LogP) is 3.35. The van der Waals surface area contributed by atoms with Gasteiger partial charge in [-0.1, -0.05) is 12.1 Å².